The van der Waals surface area contributed by atoms with Crippen molar-refractivity contribution in [1.29, 1.82) is 0 Å². The van der Waals surface area contributed by atoms with Gasteiger partial charge in [-0.3, -0.25) is 0 Å². The van der Waals surface area contributed by atoms with Gasteiger partial charge in [-0.25, -0.2) is 0 Å². The van der Waals surface area contributed by atoms with Crippen LogP contribution in [0, 0.1) is 5.92 Å². The van der Waals surface area contributed by atoms with Crippen molar-refractivity contribution in [2.24, 2.45) is 5.92 Å². The van der Waals surface area contributed by atoms with Gasteiger partial charge >= 0.3 is 0 Å². The first-order valence-corrected chi connectivity index (χ1v) is 5.19. The van der Waals surface area contributed by atoms with Crippen molar-refractivity contribution in [3.8, 4) is 0 Å². The quantitative estimate of drug-likeness (QED) is 0.760. The molecule has 1 aromatic heterocycles. The molecular weight excluding hydrogens is 198 g/mol. The summed E-state index contributed by atoms with van der Waals surface area (Å²) in [6, 6.07) is 3.59. The first-order valence-electron chi connectivity index (χ1n) is 4.81. The van der Waals surface area contributed by atoms with Crippen LogP contribution in [0.4, 0.5) is 0 Å². The van der Waals surface area contributed by atoms with Crippen LogP contribution in [0.5, 0.6) is 0 Å². The predicted octanol–water partition coefficient (Wildman–Crippen LogP) is 3.19. The topological polar surface area (TPSA) is 25.2 Å². The maximum Gasteiger partial charge on any atom is 0.193 e. The molecule has 2 nitrogen and oxygen atoms in total. The average molecular weight is 214 g/mol. The van der Waals surface area contributed by atoms with E-state index in [0.717, 1.165) is 18.8 Å². The lowest BCUT2D eigenvalue weighted by atomic mass is 10.2. The van der Waals surface area contributed by atoms with Crippen LogP contribution in [-0.4, -0.2) is 13.1 Å². The molecule has 0 spiro atoms. The maximum absolute atomic E-state index is 5.63. The molecule has 0 saturated carbocycles. The van der Waals surface area contributed by atoms with Crippen LogP contribution in [-0.2, 0) is 0 Å². The lowest BCUT2D eigenvalue weighted by molar-refractivity contribution is 0.558. The van der Waals surface area contributed by atoms with Crippen molar-refractivity contribution in [1.82, 2.24) is 5.32 Å². The Labute approximate surface area is 89.9 Å². The summed E-state index contributed by atoms with van der Waals surface area (Å²) >= 11 is 5.63. The maximum atomic E-state index is 5.63. The molecule has 0 bridgehead atoms. The monoisotopic (exact) mass is 213 g/mol. The summed E-state index contributed by atoms with van der Waals surface area (Å²) < 4.78 is 5.16. The fraction of sp³-hybridized carbons (Fsp3) is 0.455. The summed E-state index contributed by atoms with van der Waals surface area (Å²) in [5.74, 6) is 1.47. The Morgan fingerprint density at radius 3 is 2.86 bits per heavy atom. The van der Waals surface area contributed by atoms with E-state index in [9.17, 15) is 0 Å². The van der Waals surface area contributed by atoms with Crippen molar-refractivity contribution in [3.63, 3.8) is 0 Å². The van der Waals surface area contributed by atoms with Gasteiger partial charge in [0, 0.05) is 6.54 Å². The number of hydrogen-bond donors (Lipinski definition) is 1. The van der Waals surface area contributed by atoms with Gasteiger partial charge in [0.25, 0.3) is 0 Å². The van der Waals surface area contributed by atoms with Crippen molar-refractivity contribution in [2.75, 3.05) is 13.1 Å². The van der Waals surface area contributed by atoms with Crippen molar-refractivity contribution >= 4 is 17.7 Å². The van der Waals surface area contributed by atoms with E-state index in [1.165, 1.54) is 0 Å². The van der Waals surface area contributed by atoms with Crippen LogP contribution in [0.3, 0.4) is 0 Å². The molecule has 0 amide bonds. The van der Waals surface area contributed by atoms with Crippen LogP contribution in [0.15, 0.2) is 22.6 Å². The first kappa shape index (κ1) is 11.3. The van der Waals surface area contributed by atoms with E-state index < -0.39 is 0 Å². The van der Waals surface area contributed by atoms with Gasteiger partial charge in [-0.05, 0) is 42.3 Å². The van der Waals surface area contributed by atoms with E-state index in [1.54, 1.807) is 6.07 Å². The second-order valence-corrected chi connectivity index (χ2v) is 3.97. The molecule has 0 atom stereocenters. The van der Waals surface area contributed by atoms with Gasteiger partial charge in [-0.1, -0.05) is 19.9 Å². The van der Waals surface area contributed by atoms with Crippen LogP contribution in [0.2, 0.25) is 5.22 Å². The highest BCUT2D eigenvalue weighted by molar-refractivity contribution is 6.28. The molecule has 0 aliphatic carbocycles. The summed E-state index contributed by atoms with van der Waals surface area (Å²) in [4.78, 5) is 0. The zero-order valence-electron chi connectivity index (χ0n) is 8.59. The van der Waals surface area contributed by atoms with Crippen LogP contribution in [0.1, 0.15) is 19.6 Å². The Morgan fingerprint density at radius 2 is 2.29 bits per heavy atom. The van der Waals surface area contributed by atoms with Gasteiger partial charge in [-0.2, -0.15) is 0 Å². The van der Waals surface area contributed by atoms with E-state index >= 15 is 0 Å². The minimum atomic E-state index is 0.430. The van der Waals surface area contributed by atoms with Gasteiger partial charge in [0.05, 0.1) is 0 Å². The smallest absolute Gasteiger partial charge is 0.193 e. The molecule has 14 heavy (non-hydrogen) atoms. The molecule has 1 aromatic rings. The minimum absolute atomic E-state index is 0.430. The Morgan fingerprint density at radius 1 is 1.50 bits per heavy atom. The predicted molar refractivity (Wildman–Crippen MR) is 60.5 cm³/mol. The molecule has 1 heterocycles. The molecule has 3 heteroatoms. The number of furan rings is 1. The molecule has 0 aliphatic rings. The summed E-state index contributed by atoms with van der Waals surface area (Å²) in [6.07, 6.45) is 3.94. The van der Waals surface area contributed by atoms with E-state index in [-0.39, 0.29) is 0 Å². The summed E-state index contributed by atoms with van der Waals surface area (Å²) in [6.45, 7) is 6.26. The zero-order chi connectivity index (χ0) is 10.4. The van der Waals surface area contributed by atoms with E-state index in [2.05, 4.69) is 19.2 Å². The molecule has 0 aromatic carbocycles. The molecule has 1 rings (SSSR count). The molecule has 0 radical (unpaired) electrons. The van der Waals surface area contributed by atoms with Crippen molar-refractivity contribution < 1.29 is 4.42 Å². The number of nitrogens with one attached hydrogen (secondary N) is 1. The normalized spacial score (nSPS) is 11.7. The largest absolute Gasteiger partial charge is 0.445 e. The molecule has 0 unspecified atom stereocenters. The second kappa shape index (κ2) is 5.89. The highest BCUT2D eigenvalue weighted by Gasteiger charge is 1.93. The van der Waals surface area contributed by atoms with Gasteiger partial charge in [0.1, 0.15) is 5.76 Å². The van der Waals surface area contributed by atoms with Crippen molar-refractivity contribution in [3.05, 3.63) is 29.2 Å². The number of hydrogen-bond acceptors (Lipinski definition) is 2. The molecular formula is C11H16ClNO. The first-order chi connectivity index (χ1) is 6.68. The Hall–Kier alpha value is -0.730. The molecule has 0 fully saturated rings. The lowest BCUT2D eigenvalue weighted by Crippen LogP contribution is -2.19. The third-order valence-corrected chi connectivity index (χ3v) is 1.89. The third-order valence-electron chi connectivity index (χ3n) is 1.69. The van der Waals surface area contributed by atoms with Gasteiger partial charge in [0.15, 0.2) is 5.22 Å². The van der Waals surface area contributed by atoms with E-state index in [0.29, 0.717) is 11.1 Å². The Balaban J connectivity index is 2.21. The Kier molecular flexibility index (Phi) is 4.77. The number of rotatable bonds is 5. The average Bonchev–Trinajstić information content (AvgIpc) is 2.50. The van der Waals surface area contributed by atoms with Crippen molar-refractivity contribution in [2.45, 2.75) is 13.8 Å². The fourth-order valence-corrected chi connectivity index (χ4v) is 1.20. The fourth-order valence-electron chi connectivity index (χ4n) is 1.05. The second-order valence-electron chi connectivity index (χ2n) is 3.60. The summed E-state index contributed by atoms with van der Waals surface area (Å²) in [7, 11) is 0. The van der Waals surface area contributed by atoms with Gasteiger partial charge in [-0.15, -0.1) is 0 Å². The summed E-state index contributed by atoms with van der Waals surface area (Å²) in [5.41, 5.74) is 0. The van der Waals surface area contributed by atoms with E-state index in [4.69, 9.17) is 16.0 Å². The van der Waals surface area contributed by atoms with Crippen LogP contribution in [0.25, 0.3) is 6.08 Å². The van der Waals surface area contributed by atoms with Crippen LogP contribution < -0.4 is 5.32 Å². The molecule has 78 valence electrons. The third kappa shape index (κ3) is 4.49. The van der Waals surface area contributed by atoms with Crippen LogP contribution >= 0.6 is 11.6 Å². The molecule has 0 saturated heterocycles. The zero-order valence-corrected chi connectivity index (χ0v) is 9.34. The Bertz CT molecular complexity index is 291. The van der Waals surface area contributed by atoms with E-state index in [1.807, 2.05) is 18.2 Å². The van der Waals surface area contributed by atoms with Gasteiger partial charge in [0.2, 0.25) is 0 Å². The summed E-state index contributed by atoms with van der Waals surface area (Å²) in [5, 5.41) is 3.73. The lowest BCUT2D eigenvalue weighted by Gasteiger charge is -2.03. The SMILES string of the molecule is CC(C)CNCC=Cc1ccc(Cl)o1. The number of halogens is 1. The molecule has 1 N–H and O–H groups in total. The highest BCUT2D eigenvalue weighted by atomic mass is 35.5. The highest BCUT2D eigenvalue weighted by Crippen LogP contribution is 2.13. The van der Waals surface area contributed by atoms with Gasteiger partial charge < -0.3 is 9.73 Å². The minimum Gasteiger partial charge on any atom is -0.445 e. The standard InChI is InChI=1S/C11H16ClNO/c1-9(2)8-13-7-3-4-10-5-6-11(12)14-10/h3-6,9,13H,7-8H2,1-2H3. The molecule has 0 aliphatic heterocycles.